The number of esters is 1. The van der Waals surface area contributed by atoms with Crippen molar-refractivity contribution in [2.75, 3.05) is 31.1 Å². The standard InChI is InChI=1S/C20H18ClF3N4O4/c1-27-26-17(19(30)31-2)10-28(27)13-4-3-5-14(9-13)32-11-18(29)25-12-6-7-16(21)15(8-12)20(22,23)24/h3-10,26H,11H2,1-2H3,(H,25,29). The highest BCUT2D eigenvalue weighted by Crippen LogP contribution is 2.36. The molecule has 2 N–H and O–H groups in total. The molecule has 1 heterocycles. The van der Waals surface area contributed by atoms with Crippen molar-refractivity contribution in [1.29, 1.82) is 0 Å². The van der Waals surface area contributed by atoms with Crippen LogP contribution in [0.15, 0.2) is 54.4 Å². The smallest absolute Gasteiger partial charge is 0.417 e. The summed E-state index contributed by atoms with van der Waals surface area (Å²) in [6.45, 7) is -0.440. The first kappa shape index (κ1) is 23.2. The number of hydrogen-bond acceptors (Lipinski definition) is 7. The van der Waals surface area contributed by atoms with E-state index in [9.17, 15) is 22.8 Å². The topological polar surface area (TPSA) is 83.1 Å². The molecule has 1 aliphatic heterocycles. The minimum atomic E-state index is -4.64. The van der Waals surface area contributed by atoms with Crippen LogP contribution in [0.1, 0.15) is 5.56 Å². The van der Waals surface area contributed by atoms with Crippen molar-refractivity contribution in [2.24, 2.45) is 0 Å². The third-order valence-corrected chi connectivity index (χ3v) is 4.60. The molecule has 0 fully saturated rings. The number of rotatable bonds is 6. The Kier molecular flexibility index (Phi) is 6.80. The Hall–Kier alpha value is -3.44. The summed E-state index contributed by atoms with van der Waals surface area (Å²) in [7, 11) is 2.94. The first-order chi connectivity index (χ1) is 15.1. The van der Waals surface area contributed by atoms with Gasteiger partial charge in [0.25, 0.3) is 5.91 Å². The molecule has 2 aromatic carbocycles. The van der Waals surface area contributed by atoms with Gasteiger partial charge >= 0.3 is 12.1 Å². The van der Waals surface area contributed by atoms with Crippen LogP contribution in [-0.2, 0) is 20.5 Å². The second-order valence-corrected chi connectivity index (χ2v) is 6.95. The van der Waals surface area contributed by atoms with Crippen LogP contribution in [0.2, 0.25) is 5.02 Å². The Bertz CT molecular complexity index is 1060. The molecule has 32 heavy (non-hydrogen) atoms. The molecule has 0 radical (unpaired) electrons. The normalized spacial score (nSPS) is 13.9. The fourth-order valence-electron chi connectivity index (χ4n) is 2.80. The molecule has 0 aliphatic carbocycles. The van der Waals surface area contributed by atoms with Crippen LogP contribution >= 0.6 is 11.6 Å². The number of hydrogen-bond donors (Lipinski definition) is 2. The van der Waals surface area contributed by atoms with Crippen LogP contribution < -0.4 is 20.5 Å². The predicted octanol–water partition coefficient (Wildman–Crippen LogP) is 3.56. The van der Waals surface area contributed by atoms with E-state index in [2.05, 4.69) is 15.5 Å². The molecule has 8 nitrogen and oxygen atoms in total. The number of carbonyl (C=O) groups excluding carboxylic acids is 2. The average Bonchev–Trinajstić information content (AvgIpc) is 3.14. The Balaban J connectivity index is 1.64. The number of alkyl halides is 3. The summed E-state index contributed by atoms with van der Waals surface area (Å²) in [4.78, 5) is 23.8. The van der Waals surface area contributed by atoms with E-state index < -0.39 is 35.2 Å². The fourth-order valence-corrected chi connectivity index (χ4v) is 3.03. The van der Waals surface area contributed by atoms with Crippen LogP contribution in [0.3, 0.4) is 0 Å². The minimum absolute atomic E-state index is 0.0608. The lowest BCUT2D eigenvalue weighted by molar-refractivity contribution is -0.138. The second kappa shape index (κ2) is 9.37. The van der Waals surface area contributed by atoms with Crippen molar-refractivity contribution in [3.8, 4) is 5.75 Å². The van der Waals surface area contributed by atoms with E-state index in [-0.39, 0.29) is 11.4 Å². The summed E-state index contributed by atoms with van der Waals surface area (Å²) in [6, 6.07) is 9.71. The zero-order chi connectivity index (χ0) is 23.5. The summed E-state index contributed by atoms with van der Waals surface area (Å²) in [5, 5.41) is 5.03. The molecular formula is C20H18ClF3N4O4. The first-order valence-corrected chi connectivity index (χ1v) is 9.45. The van der Waals surface area contributed by atoms with Gasteiger partial charge in [-0.25, -0.2) is 4.79 Å². The van der Waals surface area contributed by atoms with Crippen LogP contribution in [0, 0.1) is 0 Å². The Morgan fingerprint density at radius 3 is 2.62 bits per heavy atom. The third kappa shape index (κ3) is 5.42. The number of anilines is 2. The molecule has 2 aromatic rings. The molecule has 0 saturated heterocycles. The molecule has 0 spiro atoms. The predicted molar refractivity (Wildman–Crippen MR) is 110 cm³/mol. The highest BCUT2D eigenvalue weighted by atomic mass is 35.5. The van der Waals surface area contributed by atoms with Gasteiger partial charge in [-0.1, -0.05) is 17.7 Å². The molecule has 1 aliphatic rings. The van der Waals surface area contributed by atoms with E-state index >= 15 is 0 Å². The van der Waals surface area contributed by atoms with Gasteiger partial charge in [0.05, 0.1) is 29.6 Å². The SMILES string of the molecule is COC(=O)C1=CN(c2cccc(OCC(=O)Nc3ccc(Cl)c(C(F)(F)F)c3)c2)N(C)N1. The van der Waals surface area contributed by atoms with E-state index in [0.717, 1.165) is 12.1 Å². The molecule has 0 saturated carbocycles. The lowest BCUT2D eigenvalue weighted by Crippen LogP contribution is -2.39. The average molecular weight is 471 g/mol. The van der Waals surface area contributed by atoms with E-state index in [0.29, 0.717) is 11.4 Å². The molecule has 0 atom stereocenters. The molecule has 0 aromatic heterocycles. The van der Waals surface area contributed by atoms with Crippen molar-refractivity contribution in [3.05, 3.63) is 64.9 Å². The highest BCUT2D eigenvalue weighted by molar-refractivity contribution is 6.31. The maximum atomic E-state index is 13.0. The van der Waals surface area contributed by atoms with Gasteiger partial charge in [0.1, 0.15) is 5.75 Å². The summed E-state index contributed by atoms with van der Waals surface area (Å²) in [5.74, 6) is -0.865. The molecule has 0 unspecified atom stereocenters. The maximum absolute atomic E-state index is 13.0. The number of amides is 1. The van der Waals surface area contributed by atoms with E-state index in [1.54, 1.807) is 36.3 Å². The monoisotopic (exact) mass is 470 g/mol. The summed E-state index contributed by atoms with van der Waals surface area (Å²) >= 11 is 5.57. The second-order valence-electron chi connectivity index (χ2n) is 6.54. The third-order valence-electron chi connectivity index (χ3n) is 4.27. The molecule has 3 rings (SSSR count). The van der Waals surface area contributed by atoms with Crippen molar-refractivity contribution in [2.45, 2.75) is 6.18 Å². The van der Waals surface area contributed by atoms with Gasteiger partial charge in [0, 0.05) is 18.8 Å². The molecular weight excluding hydrogens is 453 g/mol. The lowest BCUT2D eigenvalue weighted by Gasteiger charge is -2.24. The van der Waals surface area contributed by atoms with E-state index in [4.69, 9.17) is 16.3 Å². The van der Waals surface area contributed by atoms with Crippen molar-refractivity contribution in [1.82, 2.24) is 10.5 Å². The number of benzene rings is 2. The molecule has 12 heteroatoms. The van der Waals surface area contributed by atoms with E-state index in [1.165, 1.54) is 24.5 Å². The summed E-state index contributed by atoms with van der Waals surface area (Å²) in [6.07, 6.45) is -3.12. The van der Waals surface area contributed by atoms with Crippen LogP contribution in [0.25, 0.3) is 0 Å². The Morgan fingerprint density at radius 2 is 1.94 bits per heavy atom. The largest absolute Gasteiger partial charge is 0.484 e. The number of nitrogens with one attached hydrogen (secondary N) is 2. The van der Waals surface area contributed by atoms with Crippen molar-refractivity contribution < 1.29 is 32.2 Å². The number of hydrazine groups is 2. The summed E-state index contributed by atoms with van der Waals surface area (Å²) in [5.41, 5.74) is 2.55. The zero-order valence-electron chi connectivity index (χ0n) is 16.9. The molecule has 170 valence electrons. The number of nitrogens with zero attached hydrogens (tertiary/aromatic N) is 2. The molecule has 0 bridgehead atoms. The van der Waals surface area contributed by atoms with Crippen LogP contribution in [-0.4, -0.2) is 37.8 Å². The van der Waals surface area contributed by atoms with Crippen LogP contribution in [0.4, 0.5) is 24.5 Å². The van der Waals surface area contributed by atoms with Gasteiger partial charge in [-0.2, -0.15) is 13.2 Å². The number of carbonyl (C=O) groups is 2. The lowest BCUT2D eigenvalue weighted by atomic mass is 10.2. The minimum Gasteiger partial charge on any atom is -0.484 e. The zero-order valence-corrected chi connectivity index (χ0v) is 17.6. The highest BCUT2D eigenvalue weighted by Gasteiger charge is 2.33. The van der Waals surface area contributed by atoms with E-state index in [1.807, 2.05) is 0 Å². The number of halogens is 4. The van der Waals surface area contributed by atoms with Gasteiger partial charge in [0.2, 0.25) is 0 Å². The Morgan fingerprint density at radius 1 is 1.19 bits per heavy atom. The number of ether oxygens (including phenoxy) is 2. The van der Waals surface area contributed by atoms with Gasteiger partial charge in [-0.05, 0) is 30.3 Å². The fraction of sp³-hybridized carbons (Fsp3) is 0.200. The summed E-state index contributed by atoms with van der Waals surface area (Å²) < 4.78 is 49.0. The maximum Gasteiger partial charge on any atom is 0.417 e. The van der Waals surface area contributed by atoms with Crippen molar-refractivity contribution >= 4 is 34.9 Å². The van der Waals surface area contributed by atoms with Crippen molar-refractivity contribution in [3.63, 3.8) is 0 Å². The van der Waals surface area contributed by atoms with Gasteiger partial charge in [-0.15, -0.1) is 5.12 Å². The Labute approximate surface area is 186 Å². The van der Waals surface area contributed by atoms with Gasteiger partial charge in [-0.3, -0.25) is 15.2 Å². The first-order valence-electron chi connectivity index (χ1n) is 9.07. The quantitative estimate of drug-likeness (QED) is 0.625. The van der Waals surface area contributed by atoms with Gasteiger partial charge in [0.15, 0.2) is 12.3 Å². The van der Waals surface area contributed by atoms with Crippen LogP contribution in [0.5, 0.6) is 5.75 Å². The van der Waals surface area contributed by atoms with Gasteiger partial charge < -0.3 is 14.8 Å². The number of methoxy groups -OCH3 is 1. The molecule has 1 amide bonds.